The summed E-state index contributed by atoms with van der Waals surface area (Å²) < 4.78 is 26.2. The number of hydrogen-bond acceptors (Lipinski definition) is 5. The molecule has 0 radical (unpaired) electrons. The first-order valence-corrected chi connectivity index (χ1v) is 8.02. The molecule has 0 aromatic heterocycles. The Morgan fingerprint density at radius 2 is 1.68 bits per heavy atom. The van der Waals surface area contributed by atoms with E-state index in [0.717, 1.165) is 10.6 Å². The first-order chi connectivity index (χ1) is 10.5. The number of nitrogens with zero attached hydrogens (tertiary/aromatic N) is 3. The molecule has 0 atom stereocenters. The third kappa shape index (κ3) is 4.48. The van der Waals surface area contributed by atoms with Gasteiger partial charge in [0.1, 0.15) is 0 Å². The van der Waals surface area contributed by atoms with E-state index < -0.39 is 10.0 Å². The number of nitroso groups, excluding NO2 is 1. The third-order valence-corrected chi connectivity index (χ3v) is 4.76. The third-order valence-electron chi connectivity index (χ3n) is 2.92. The molecule has 1 rings (SSSR count). The summed E-state index contributed by atoms with van der Waals surface area (Å²) in [7, 11) is -3.61. The molecule has 0 spiro atoms. The molecule has 0 amide bonds. The summed E-state index contributed by atoms with van der Waals surface area (Å²) in [6, 6.07) is 6.23. The number of rotatable bonds is 10. The Morgan fingerprint density at radius 1 is 1.14 bits per heavy atom. The SMILES string of the molecule is C=CCN(CC=C)S(=O)(=O)c1ccc(CN(CN)N=O)cc1. The molecular weight excluding hydrogens is 304 g/mol. The molecule has 0 bridgehead atoms. The van der Waals surface area contributed by atoms with Gasteiger partial charge in [-0.2, -0.15) is 4.31 Å². The van der Waals surface area contributed by atoms with Gasteiger partial charge in [-0.3, -0.25) is 0 Å². The molecule has 0 aliphatic heterocycles. The van der Waals surface area contributed by atoms with Crippen molar-refractivity contribution in [3.8, 4) is 0 Å². The second-order valence-corrected chi connectivity index (χ2v) is 6.41. The quantitative estimate of drug-likeness (QED) is 0.304. The summed E-state index contributed by atoms with van der Waals surface area (Å²) >= 11 is 0. The number of benzene rings is 1. The summed E-state index contributed by atoms with van der Waals surface area (Å²) in [5.74, 6) is 0. The Bertz CT molecular complexity index is 603. The molecule has 0 aliphatic carbocycles. The Morgan fingerprint density at radius 3 is 2.09 bits per heavy atom. The topological polar surface area (TPSA) is 96.1 Å². The van der Waals surface area contributed by atoms with Crippen LogP contribution in [0.3, 0.4) is 0 Å². The molecule has 1 aromatic rings. The monoisotopic (exact) mass is 324 g/mol. The van der Waals surface area contributed by atoms with Crippen LogP contribution in [-0.2, 0) is 16.6 Å². The highest BCUT2D eigenvalue weighted by molar-refractivity contribution is 7.89. The Labute approximate surface area is 130 Å². The average molecular weight is 324 g/mol. The molecule has 7 nitrogen and oxygen atoms in total. The summed E-state index contributed by atoms with van der Waals surface area (Å²) in [6.07, 6.45) is 3.04. The Balaban J connectivity index is 2.98. The Kier molecular flexibility index (Phi) is 6.90. The van der Waals surface area contributed by atoms with Gasteiger partial charge in [-0.15, -0.1) is 18.1 Å². The molecule has 1 aromatic carbocycles. The van der Waals surface area contributed by atoms with E-state index in [4.69, 9.17) is 5.73 Å². The average Bonchev–Trinajstić information content (AvgIpc) is 2.52. The molecule has 0 saturated heterocycles. The molecule has 22 heavy (non-hydrogen) atoms. The van der Waals surface area contributed by atoms with Crippen molar-refractivity contribution in [3.63, 3.8) is 0 Å². The minimum Gasteiger partial charge on any atom is -0.313 e. The van der Waals surface area contributed by atoms with E-state index in [1.165, 1.54) is 28.6 Å². The van der Waals surface area contributed by atoms with Gasteiger partial charge in [-0.05, 0) is 17.7 Å². The summed E-state index contributed by atoms with van der Waals surface area (Å²) in [5, 5.41) is 3.89. The molecule has 0 unspecified atom stereocenters. The van der Waals surface area contributed by atoms with E-state index in [9.17, 15) is 13.3 Å². The van der Waals surface area contributed by atoms with E-state index in [1.807, 2.05) is 0 Å². The van der Waals surface area contributed by atoms with E-state index in [2.05, 4.69) is 18.4 Å². The summed E-state index contributed by atoms with van der Waals surface area (Å²) in [4.78, 5) is 10.6. The predicted molar refractivity (Wildman–Crippen MR) is 86.0 cm³/mol. The highest BCUT2D eigenvalue weighted by Gasteiger charge is 2.22. The van der Waals surface area contributed by atoms with Gasteiger partial charge in [0.15, 0.2) is 0 Å². The van der Waals surface area contributed by atoms with Gasteiger partial charge < -0.3 is 5.73 Å². The van der Waals surface area contributed by atoms with Crippen molar-refractivity contribution in [2.75, 3.05) is 19.8 Å². The van der Waals surface area contributed by atoms with Crippen molar-refractivity contribution < 1.29 is 8.42 Å². The first kappa shape index (κ1) is 18.0. The zero-order chi connectivity index (χ0) is 16.6. The second-order valence-electron chi connectivity index (χ2n) is 4.47. The largest absolute Gasteiger partial charge is 0.313 e. The lowest BCUT2D eigenvalue weighted by molar-refractivity contribution is 0.284. The maximum absolute atomic E-state index is 12.5. The number of nitrogens with two attached hydrogens (primary N) is 1. The van der Waals surface area contributed by atoms with Crippen LogP contribution >= 0.6 is 0 Å². The smallest absolute Gasteiger partial charge is 0.243 e. The molecule has 2 N–H and O–H groups in total. The minimum atomic E-state index is -3.61. The maximum atomic E-state index is 12.5. The van der Waals surface area contributed by atoms with Crippen molar-refractivity contribution in [2.24, 2.45) is 11.0 Å². The van der Waals surface area contributed by atoms with Crippen LogP contribution in [0.1, 0.15) is 5.56 Å². The fourth-order valence-electron chi connectivity index (χ4n) is 1.81. The van der Waals surface area contributed by atoms with Crippen molar-refractivity contribution in [1.82, 2.24) is 9.31 Å². The van der Waals surface area contributed by atoms with Crippen LogP contribution in [-0.4, -0.2) is 37.5 Å². The first-order valence-electron chi connectivity index (χ1n) is 6.58. The molecular formula is C14H20N4O3S. The normalized spacial score (nSPS) is 11.2. The summed E-state index contributed by atoms with van der Waals surface area (Å²) in [6.45, 7) is 7.74. The van der Waals surface area contributed by atoms with Gasteiger partial charge in [0.25, 0.3) is 0 Å². The van der Waals surface area contributed by atoms with E-state index in [0.29, 0.717) is 0 Å². The van der Waals surface area contributed by atoms with Crippen molar-refractivity contribution in [1.29, 1.82) is 0 Å². The lowest BCUT2D eigenvalue weighted by Gasteiger charge is -2.19. The molecule has 0 fully saturated rings. The van der Waals surface area contributed by atoms with Crippen molar-refractivity contribution in [2.45, 2.75) is 11.4 Å². The Hall–Kier alpha value is -2.03. The molecule has 0 saturated carbocycles. The second kappa shape index (κ2) is 8.42. The van der Waals surface area contributed by atoms with Gasteiger partial charge in [0.2, 0.25) is 10.0 Å². The van der Waals surface area contributed by atoms with Crippen molar-refractivity contribution in [3.05, 3.63) is 60.0 Å². The zero-order valence-corrected chi connectivity index (χ0v) is 13.1. The van der Waals surface area contributed by atoms with Gasteiger partial charge >= 0.3 is 0 Å². The summed E-state index contributed by atoms with van der Waals surface area (Å²) in [5.41, 5.74) is 6.09. The highest BCUT2D eigenvalue weighted by atomic mass is 32.2. The fraction of sp³-hybridized carbons (Fsp3) is 0.286. The molecule has 0 heterocycles. The van der Waals surface area contributed by atoms with Crippen LogP contribution in [0.15, 0.2) is 59.8 Å². The van der Waals surface area contributed by atoms with Crippen LogP contribution in [0.5, 0.6) is 0 Å². The van der Waals surface area contributed by atoms with Gasteiger partial charge in [-0.25, -0.2) is 13.4 Å². The lowest BCUT2D eigenvalue weighted by Crippen LogP contribution is -2.31. The molecule has 8 heteroatoms. The van der Waals surface area contributed by atoms with Gasteiger partial charge in [0.05, 0.1) is 23.4 Å². The maximum Gasteiger partial charge on any atom is 0.243 e. The van der Waals surface area contributed by atoms with Gasteiger partial charge in [-0.1, -0.05) is 24.3 Å². The highest BCUT2D eigenvalue weighted by Crippen LogP contribution is 2.17. The van der Waals surface area contributed by atoms with E-state index in [-0.39, 0.29) is 31.2 Å². The van der Waals surface area contributed by atoms with E-state index in [1.54, 1.807) is 12.1 Å². The van der Waals surface area contributed by atoms with Gasteiger partial charge in [0, 0.05) is 13.1 Å². The number of sulfonamides is 1. The fourth-order valence-corrected chi connectivity index (χ4v) is 3.19. The predicted octanol–water partition coefficient (Wildman–Crippen LogP) is 1.45. The zero-order valence-electron chi connectivity index (χ0n) is 12.3. The standard InChI is InChI=1S/C14H20N4O3S/c1-3-9-18(10-4-2)22(20,21)14-7-5-13(6-8-14)11-17(12-15)16-19/h3-8H,1-2,9-12,15H2. The minimum absolute atomic E-state index is 0.00397. The van der Waals surface area contributed by atoms with Crippen LogP contribution in [0.4, 0.5) is 0 Å². The van der Waals surface area contributed by atoms with Crippen molar-refractivity contribution >= 4 is 10.0 Å². The molecule has 120 valence electrons. The van der Waals surface area contributed by atoms with Crippen LogP contribution in [0, 0.1) is 4.91 Å². The lowest BCUT2D eigenvalue weighted by atomic mass is 10.2. The van der Waals surface area contributed by atoms with Crippen LogP contribution in [0.25, 0.3) is 0 Å². The van der Waals surface area contributed by atoms with E-state index >= 15 is 0 Å². The molecule has 0 aliphatic rings. The number of hydrogen-bond donors (Lipinski definition) is 1. The van der Waals surface area contributed by atoms with Crippen LogP contribution in [0.2, 0.25) is 0 Å². The van der Waals surface area contributed by atoms with Crippen LogP contribution < -0.4 is 5.73 Å².